The zero-order valence-corrected chi connectivity index (χ0v) is 12.4. The number of carbonyl (C=O) groups is 1. The van der Waals surface area contributed by atoms with Gasteiger partial charge in [0.25, 0.3) is 0 Å². The van der Waals surface area contributed by atoms with Gasteiger partial charge in [0.05, 0.1) is 13.2 Å². The normalized spacial score (nSPS) is 10.8. The lowest BCUT2D eigenvalue weighted by atomic mass is 10.1. The molecule has 0 bridgehead atoms. The van der Waals surface area contributed by atoms with Crippen LogP contribution in [0.3, 0.4) is 0 Å². The molecule has 0 unspecified atom stereocenters. The monoisotopic (exact) mass is 264 g/mol. The van der Waals surface area contributed by atoms with Crippen LogP contribution in [0.5, 0.6) is 0 Å². The van der Waals surface area contributed by atoms with Gasteiger partial charge in [0.1, 0.15) is 6.61 Å². The number of benzene rings is 1. The van der Waals surface area contributed by atoms with E-state index in [-0.39, 0.29) is 12.6 Å². The molecular weight excluding hydrogens is 240 g/mol. The van der Waals surface area contributed by atoms with E-state index in [1.54, 1.807) is 0 Å². The van der Waals surface area contributed by atoms with Crippen LogP contribution >= 0.6 is 0 Å². The quantitative estimate of drug-likeness (QED) is 0.708. The zero-order valence-electron chi connectivity index (χ0n) is 12.4. The highest BCUT2D eigenvalue weighted by atomic mass is 16.6. The maximum Gasteiger partial charge on any atom is 0.332 e. The van der Waals surface area contributed by atoms with Crippen LogP contribution in [-0.4, -0.2) is 19.2 Å². The van der Waals surface area contributed by atoms with Crippen molar-refractivity contribution in [3.05, 3.63) is 34.9 Å². The van der Waals surface area contributed by atoms with Crippen LogP contribution in [-0.2, 0) is 20.9 Å². The van der Waals surface area contributed by atoms with Crippen LogP contribution in [0.25, 0.3) is 0 Å². The topological polar surface area (TPSA) is 35.5 Å². The molecule has 0 heterocycles. The largest absolute Gasteiger partial charge is 0.464 e. The first kappa shape index (κ1) is 15.7. The first-order valence-corrected chi connectivity index (χ1v) is 6.78. The Balaban J connectivity index is 2.24. The van der Waals surface area contributed by atoms with Crippen molar-refractivity contribution in [2.75, 3.05) is 13.2 Å². The minimum Gasteiger partial charge on any atom is -0.464 e. The van der Waals surface area contributed by atoms with Gasteiger partial charge in [0, 0.05) is 0 Å². The molecule has 3 heteroatoms. The molecule has 0 radical (unpaired) electrons. The molecule has 0 saturated heterocycles. The highest BCUT2D eigenvalue weighted by Gasteiger charge is 2.05. The SMILES string of the molecule is Cc1ccc(COCC(=O)OCCC(C)C)c(C)c1. The van der Waals surface area contributed by atoms with Crippen molar-refractivity contribution in [1.82, 2.24) is 0 Å². The summed E-state index contributed by atoms with van der Waals surface area (Å²) in [5.41, 5.74) is 3.53. The standard InChI is InChI=1S/C16H24O3/c1-12(2)7-8-19-16(17)11-18-10-15-6-5-13(3)9-14(15)4/h5-6,9,12H,7-8,10-11H2,1-4H3. The molecule has 106 valence electrons. The van der Waals surface area contributed by atoms with Gasteiger partial charge in [-0.1, -0.05) is 37.6 Å². The van der Waals surface area contributed by atoms with Crippen molar-refractivity contribution >= 4 is 5.97 Å². The van der Waals surface area contributed by atoms with Crippen LogP contribution in [0.2, 0.25) is 0 Å². The maximum absolute atomic E-state index is 11.4. The Morgan fingerprint density at radius 2 is 2.00 bits per heavy atom. The number of aryl methyl sites for hydroxylation is 2. The molecule has 0 fully saturated rings. The lowest BCUT2D eigenvalue weighted by molar-refractivity contribution is -0.149. The Morgan fingerprint density at radius 1 is 1.26 bits per heavy atom. The van der Waals surface area contributed by atoms with Gasteiger partial charge in [0.15, 0.2) is 0 Å². The first-order chi connectivity index (χ1) is 8.99. The molecule has 0 spiro atoms. The molecule has 1 rings (SSSR count). The number of hydrogen-bond donors (Lipinski definition) is 0. The molecular formula is C16H24O3. The van der Waals surface area contributed by atoms with E-state index in [4.69, 9.17) is 9.47 Å². The summed E-state index contributed by atoms with van der Waals surface area (Å²) in [6.07, 6.45) is 0.892. The minimum atomic E-state index is -0.287. The molecule has 19 heavy (non-hydrogen) atoms. The summed E-state index contributed by atoms with van der Waals surface area (Å²) >= 11 is 0. The van der Waals surface area contributed by atoms with Crippen molar-refractivity contribution in [1.29, 1.82) is 0 Å². The van der Waals surface area contributed by atoms with Crippen molar-refractivity contribution < 1.29 is 14.3 Å². The van der Waals surface area contributed by atoms with Crippen LogP contribution in [0, 0.1) is 19.8 Å². The number of rotatable bonds is 7. The van der Waals surface area contributed by atoms with E-state index in [1.165, 1.54) is 11.1 Å². The van der Waals surface area contributed by atoms with Gasteiger partial charge in [-0.3, -0.25) is 0 Å². The molecule has 0 aliphatic rings. The van der Waals surface area contributed by atoms with Crippen LogP contribution in [0.4, 0.5) is 0 Å². The minimum absolute atomic E-state index is 0.0193. The summed E-state index contributed by atoms with van der Waals surface area (Å²) in [6, 6.07) is 6.20. The lowest BCUT2D eigenvalue weighted by Crippen LogP contribution is -2.14. The molecule has 0 aliphatic carbocycles. The Bertz CT molecular complexity index is 410. The zero-order chi connectivity index (χ0) is 14.3. The highest BCUT2D eigenvalue weighted by molar-refractivity contribution is 5.70. The molecule has 0 aromatic heterocycles. The van der Waals surface area contributed by atoms with Gasteiger partial charge >= 0.3 is 5.97 Å². The van der Waals surface area contributed by atoms with E-state index in [0.717, 1.165) is 12.0 Å². The number of ether oxygens (including phenoxy) is 2. The van der Waals surface area contributed by atoms with Gasteiger partial charge in [-0.25, -0.2) is 4.79 Å². The molecule has 1 aromatic carbocycles. The van der Waals surface area contributed by atoms with Gasteiger partial charge < -0.3 is 9.47 Å². The summed E-state index contributed by atoms with van der Waals surface area (Å²) < 4.78 is 10.5. The second kappa shape index (κ2) is 7.95. The van der Waals surface area contributed by atoms with Crippen molar-refractivity contribution in [2.45, 2.75) is 40.7 Å². The Morgan fingerprint density at radius 3 is 2.63 bits per heavy atom. The Hall–Kier alpha value is -1.35. The lowest BCUT2D eigenvalue weighted by Gasteiger charge is -2.09. The maximum atomic E-state index is 11.4. The molecule has 0 N–H and O–H groups in total. The molecule has 0 amide bonds. The van der Waals surface area contributed by atoms with Gasteiger partial charge in [-0.15, -0.1) is 0 Å². The Labute approximate surface area is 115 Å². The van der Waals surface area contributed by atoms with E-state index in [0.29, 0.717) is 19.1 Å². The van der Waals surface area contributed by atoms with E-state index >= 15 is 0 Å². The smallest absolute Gasteiger partial charge is 0.332 e. The van der Waals surface area contributed by atoms with Crippen molar-refractivity contribution in [3.8, 4) is 0 Å². The summed E-state index contributed by atoms with van der Waals surface area (Å²) in [4.78, 5) is 11.4. The van der Waals surface area contributed by atoms with Gasteiger partial charge in [-0.2, -0.15) is 0 Å². The van der Waals surface area contributed by atoms with Crippen molar-refractivity contribution in [2.24, 2.45) is 5.92 Å². The third-order valence-electron chi connectivity index (χ3n) is 2.93. The fourth-order valence-electron chi connectivity index (χ4n) is 1.70. The predicted molar refractivity (Wildman–Crippen MR) is 76.0 cm³/mol. The first-order valence-electron chi connectivity index (χ1n) is 6.78. The predicted octanol–water partition coefficient (Wildman–Crippen LogP) is 3.41. The van der Waals surface area contributed by atoms with Gasteiger partial charge in [0.2, 0.25) is 0 Å². The molecule has 0 saturated carbocycles. The summed E-state index contributed by atoms with van der Waals surface area (Å²) in [7, 11) is 0. The third-order valence-corrected chi connectivity index (χ3v) is 2.93. The summed E-state index contributed by atoms with van der Waals surface area (Å²) in [5.74, 6) is 0.259. The highest BCUT2D eigenvalue weighted by Crippen LogP contribution is 2.11. The molecule has 1 aromatic rings. The van der Waals surface area contributed by atoms with E-state index in [1.807, 2.05) is 19.1 Å². The Kier molecular flexibility index (Phi) is 6.57. The van der Waals surface area contributed by atoms with E-state index < -0.39 is 0 Å². The average molecular weight is 264 g/mol. The average Bonchev–Trinajstić information content (AvgIpc) is 2.31. The fourth-order valence-corrected chi connectivity index (χ4v) is 1.70. The summed E-state index contributed by atoms with van der Waals surface area (Å²) in [5, 5.41) is 0. The number of carbonyl (C=O) groups excluding carboxylic acids is 1. The van der Waals surface area contributed by atoms with Crippen LogP contribution in [0.15, 0.2) is 18.2 Å². The third kappa shape index (κ3) is 6.39. The number of esters is 1. The molecule has 3 nitrogen and oxygen atoms in total. The molecule has 0 aliphatic heterocycles. The molecule has 0 atom stereocenters. The van der Waals surface area contributed by atoms with Crippen molar-refractivity contribution in [3.63, 3.8) is 0 Å². The number of hydrogen-bond acceptors (Lipinski definition) is 3. The van der Waals surface area contributed by atoms with E-state index in [9.17, 15) is 4.79 Å². The fraction of sp³-hybridized carbons (Fsp3) is 0.562. The second-order valence-electron chi connectivity index (χ2n) is 5.33. The van der Waals surface area contributed by atoms with Gasteiger partial charge in [-0.05, 0) is 37.3 Å². The second-order valence-corrected chi connectivity index (χ2v) is 5.33. The van der Waals surface area contributed by atoms with Crippen LogP contribution < -0.4 is 0 Å². The van der Waals surface area contributed by atoms with E-state index in [2.05, 4.69) is 26.8 Å². The van der Waals surface area contributed by atoms with Crippen LogP contribution in [0.1, 0.15) is 37.0 Å². The summed E-state index contributed by atoms with van der Waals surface area (Å²) in [6.45, 7) is 9.26.